The summed E-state index contributed by atoms with van der Waals surface area (Å²) in [6.45, 7) is 1.98. The monoisotopic (exact) mass is 746 g/mol. The number of aromatic nitrogens is 3. The summed E-state index contributed by atoms with van der Waals surface area (Å²) in [5.41, 5.74) is 1.40. The number of benzene rings is 1. The first-order valence-electron chi connectivity index (χ1n) is 16.6. The number of halogens is 1. The topological polar surface area (TPSA) is 252 Å². The number of rotatable bonds is 21. The molecule has 0 saturated carbocycles. The number of nitrogens with one attached hydrogen (secondary N) is 1. The number of carboxylic acid groups (broad SMARTS) is 1. The summed E-state index contributed by atoms with van der Waals surface area (Å²) in [6, 6.07) is 5.99. The lowest BCUT2D eigenvalue weighted by Gasteiger charge is -2.44. The number of carboxylic acids is 1. The summed E-state index contributed by atoms with van der Waals surface area (Å²) in [5.74, 6) is -2.27. The first kappa shape index (κ1) is 41.5. The van der Waals surface area contributed by atoms with Gasteiger partial charge in [-0.15, -0.1) is 5.10 Å². The van der Waals surface area contributed by atoms with E-state index in [-0.39, 0.29) is 32.0 Å². The van der Waals surface area contributed by atoms with E-state index in [4.69, 9.17) is 37.9 Å². The van der Waals surface area contributed by atoms with E-state index in [1.165, 1.54) is 26.4 Å². The van der Waals surface area contributed by atoms with Gasteiger partial charge >= 0.3 is 5.97 Å². The van der Waals surface area contributed by atoms with Gasteiger partial charge in [0, 0.05) is 26.3 Å². The van der Waals surface area contributed by atoms with E-state index in [1.54, 1.807) is 23.0 Å². The van der Waals surface area contributed by atoms with Crippen LogP contribution in [0, 0.1) is 5.82 Å². The van der Waals surface area contributed by atoms with Crippen LogP contribution in [0.5, 0.6) is 0 Å². The van der Waals surface area contributed by atoms with Crippen LogP contribution in [0.25, 0.3) is 11.3 Å². The van der Waals surface area contributed by atoms with E-state index in [0.717, 1.165) is 5.56 Å². The first-order valence-corrected chi connectivity index (χ1v) is 16.6. The minimum atomic E-state index is -1.73. The Morgan fingerprint density at radius 2 is 1.50 bits per heavy atom. The lowest BCUT2D eigenvalue weighted by Crippen LogP contribution is -2.63. The predicted molar refractivity (Wildman–Crippen MR) is 172 cm³/mol. The predicted octanol–water partition coefficient (Wildman–Crippen LogP) is -2.29. The van der Waals surface area contributed by atoms with Crippen LogP contribution in [-0.4, -0.2) is 181 Å². The van der Waals surface area contributed by atoms with Crippen LogP contribution in [0.1, 0.15) is 6.42 Å². The van der Waals surface area contributed by atoms with Crippen molar-refractivity contribution in [3.05, 3.63) is 36.3 Å². The Morgan fingerprint density at radius 3 is 2.15 bits per heavy atom. The number of ether oxygens (including phenoxy) is 8. The number of amides is 1. The fraction of sp³-hybridized carbons (Fsp3) is 0.688. The number of aliphatic carboxylic acids is 1. The molecule has 19 nitrogen and oxygen atoms in total. The maximum Gasteiger partial charge on any atom is 0.335 e. The number of hydrogen-bond donors (Lipinski definition) is 6. The van der Waals surface area contributed by atoms with Crippen LogP contribution >= 0.6 is 0 Å². The van der Waals surface area contributed by atoms with E-state index in [9.17, 15) is 39.5 Å². The van der Waals surface area contributed by atoms with Gasteiger partial charge in [0.15, 0.2) is 12.4 Å². The molecule has 292 valence electrons. The Balaban J connectivity index is 1.07. The van der Waals surface area contributed by atoms with Gasteiger partial charge in [0.05, 0.1) is 71.5 Å². The van der Waals surface area contributed by atoms with Gasteiger partial charge < -0.3 is 68.7 Å². The van der Waals surface area contributed by atoms with E-state index in [0.29, 0.717) is 38.7 Å². The van der Waals surface area contributed by atoms with Crippen molar-refractivity contribution in [2.45, 2.75) is 74.2 Å². The number of aliphatic hydroxyl groups is 4. The highest BCUT2D eigenvalue weighted by Gasteiger charge is 2.50. The van der Waals surface area contributed by atoms with Crippen LogP contribution in [0.15, 0.2) is 30.5 Å². The Bertz CT molecular complexity index is 1370. The second kappa shape index (κ2) is 20.8. The molecule has 52 heavy (non-hydrogen) atoms. The first-order chi connectivity index (χ1) is 25.0. The zero-order chi connectivity index (χ0) is 37.6. The Labute approximate surface area is 298 Å². The van der Waals surface area contributed by atoms with Crippen molar-refractivity contribution >= 4 is 11.9 Å². The molecule has 0 spiro atoms. The van der Waals surface area contributed by atoms with Gasteiger partial charge in [-0.25, -0.2) is 13.9 Å². The SMILES string of the molecule is COC1OC(C(=O)O)C(OCC2OC(CC(=O)NCCOCCOCCOCCn3cc(-c4ccc(F)cc4)nn3)C(OC)C(O)C2O)C(O)C1O. The van der Waals surface area contributed by atoms with Gasteiger partial charge in [-0.05, 0) is 24.3 Å². The van der Waals surface area contributed by atoms with Crippen LogP contribution in [0.4, 0.5) is 4.39 Å². The molecule has 2 aromatic rings. The third-order valence-electron chi connectivity index (χ3n) is 8.37. The van der Waals surface area contributed by atoms with E-state index < -0.39 is 79.7 Å². The zero-order valence-electron chi connectivity index (χ0n) is 28.8. The maximum atomic E-state index is 13.1. The summed E-state index contributed by atoms with van der Waals surface area (Å²) in [6.07, 6.45) is -13.0. The molecule has 2 saturated heterocycles. The third kappa shape index (κ3) is 11.6. The summed E-state index contributed by atoms with van der Waals surface area (Å²) in [4.78, 5) is 24.4. The molecule has 10 atom stereocenters. The quantitative estimate of drug-likeness (QED) is 0.0735. The van der Waals surface area contributed by atoms with E-state index in [1.807, 2.05) is 0 Å². The zero-order valence-corrected chi connectivity index (χ0v) is 28.8. The number of hydrogen-bond acceptors (Lipinski definition) is 16. The highest BCUT2D eigenvalue weighted by molar-refractivity contribution is 5.76. The highest BCUT2D eigenvalue weighted by Crippen LogP contribution is 2.29. The molecule has 2 aliphatic rings. The van der Waals surface area contributed by atoms with Crippen LogP contribution in [0.3, 0.4) is 0 Å². The summed E-state index contributed by atoms with van der Waals surface area (Å²) in [5, 5.41) is 62.3. The normalized spacial score (nSPS) is 29.2. The van der Waals surface area contributed by atoms with Crippen LogP contribution in [-0.2, 0) is 54.0 Å². The molecule has 0 bridgehead atoms. The Kier molecular flexibility index (Phi) is 16.6. The molecule has 1 aromatic carbocycles. The summed E-state index contributed by atoms with van der Waals surface area (Å²) < 4.78 is 57.9. The second-order valence-corrected chi connectivity index (χ2v) is 11.9. The van der Waals surface area contributed by atoms with Crippen molar-refractivity contribution in [1.29, 1.82) is 0 Å². The Morgan fingerprint density at radius 1 is 0.846 bits per heavy atom. The number of carbonyl (C=O) groups is 2. The average molecular weight is 747 g/mol. The molecule has 6 N–H and O–H groups in total. The van der Waals surface area contributed by atoms with Crippen molar-refractivity contribution in [3.8, 4) is 11.3 Å². The smallest absolute Gasteiger partial charge is 0.335 e. The molecule has 20 heteroatoms. The van der Waals surface area contributed by atoms with Gasteiger partial charge in [-0.1, -0.05) is 5.21 Å². The summed E-state index contributed by atoms with van der Waals surface area (Å²) in [7, 11) is 2.44. The van der Waals surface area contributed by atoms with Gasteiger partial charge in [-0.2, -0.15) is 0 Å². The van der Waals surface area contributed by atoms with Crippen molar-refractivity contribution in [1.82, 2.24) is 20.3 Å². The minimum Gasteiger partial charge on any atom is -0.479 e. The summed E-state index contributed by atoms with van der Waals surface area (Å²) >= 11 is 0. The molecule has 10 unspecified atom stereocenters. The third-order valence-corrected chi connectivity index (χ3v) is 8.37. The Hall–Kier alpha value is -3.25. The number of methoxy groups -OCH3 is 2. The molecule has 1 amide bonds. The van der Waals surface area contributed by atoms with Gasteiger partial charge in [0.1, 0.15) is 54.2 Å². The van der Waals surface area contributed by atoms with E-state index in [2.05, 4.69) is 15.6 Å². The highest BCUT2D eigenvalue weighted by atomic mass is 19.1. The molecular weight excluding hydrogens is 699 g/mol. The van der Waals surface area contributed by atoms with Gasteiger partial charge in [0.25, 0.3) is 0 Å². The molecule has 0 aliphatic carbocycles. The van der Waals surface area contributed by atoms with Crippen LogP contribution in [0.2, 0.25) is 0 Å². The van der Waals surface area contributed by atoms with Gasteiger partial charge in [0.2, 0.25) is 5.91 Å². The molecule has 2 aliphatic heterocycles. The van der Waals surface area contributed by atoms with E-state index >= 15 is 0 Å². The minimum absolute atomic E-state index is 0.163. The largest absolute Gasteiger partial charge is 0.479 e. The molecule has 0 radical (unpaired) electrons. The molecule has 2 fully saturated rings. The second-order valence-electron chi connectivity index (χ2n) is 11.9. The molecular formula is C32H47FN4O15. The molecule has 4 rings (SSSR count). The number of aliphatic hydroxyl groups excluding tert-OH is 4. The van der Waals surface area contributed by atoms with Crippen LogP contribution < -0.4 is 5.32 Å². The fourth-order valence-electron chi connectivity index (χ4n) is 5.61. The van der Waals surface area contributed by atoms with Crippen molar-refractivity contribution in [2.24, 2.45) is 0 Å². The van der Waals surface area contributed by atoms with Crippen molar-refractivity contribution in [2.75, 3.05) is 67.0 Å². The number of nitrogens with zero attached hydrogens (tertiary/aromatic N) is 3. The lowest BCUT2D eigenvalue weighted by molar-refractivity contribution is -0.302. The maximum absolute atomic E-state index is 13.1. The molecule has 1 aromatic heterocycles. The van der Waals surface area contributed by atoms with Gasteiger partial charge in [-0.3, -0.25) is 4.79 Å². The fourth-order valence-corrected chi connectivity index (χ4v) is 5.61. The van der Waals surface area contributed by atoms with Crippen molar-refractivity contribution in [3.63, 3.8) is 0 Å². The van der Waals surface area contributed by atoms with Crippen molar-refractivity contribution < 1.29 is 77.4 Å². The lowest BCUT2D eigenvalue weighted by atomic mass is 9.93. The average Bonchev–Trinajstić information content (AvgIpc) is 3.60. The molecule has 3 heterocycles. The standard InChI is InChI=1S/C32H47FN4O15/c1-45-28-21(51-22(24(39)25(28)40)17-50-29-26(41)27(42)32(46-2)52-30(29)31(43)44)15-23(38)34-7-9-47-11-13-49-14-12-48-10-8-37-16-20(35-36-37)18-3-5-19(33)6-4-18/h3-6,16,21-22,24-30,32,39-42H,7-15,17H2,1-2H3,(H,34,38)(H,43,44). The number of carbonyl (C=O) groups excluding carboxylic acids is 1.